The SMILES string of the molecule is c1ccc(-n2ccc3ccc4c5ccccc5n(-c5c6ccccc6cc6ccccc56)c4c32)cc1. The van der Waals surface area contributed by atoms with Gasteiger partial charge in [-0.1, -0.05) is 97.1 Å². The van der Waals surface area contributed by atoms with Gasteiger partial charge in [-0.2, -0.15) is 0 Å². The van der Waals surface area contributed by atoms with E-state index in [4.69, 9.17) is 0 Å². The van der Waals surface area contributed by atoms with Gasteiger partial charge in [0.15, 0.2) is 0 Å². The van der Waals surface area contributed by atoms with Crippen LogP contribution in [0.5, 0.6) is 0 Å². The maximum absolute atomic E-state index is 2.51. The lowest BCUT2D eigenvalue weighted by Crippen LogP contribution is -2.00. The molecule has 0 saturated heterocycles. The molecule has 0 atom stereocenters. The van der Waals surface area contributed by atoms with Crippen LogP contribution in [0.4, 0.5) is 0 Å². The molecule has 0 N–H and O–H groups in total. The summed E-state index contributed by atoms with van der Waals surface area (Å²) in [5, 5.41) is 8.80. The largest absolute Gasteiger partial charge is 0.315 e. The van der Waals surface area contributed by atoms with Gasteiger partial charge in [0.25, 0.3) is 0 Å². The van der Waals surface area contributed by atoms with E-state index < -0.39 is 0 Å². The Labute approximate surface area is 208 Å². The monoisotopic (exact) mass is 458 g/mol. The second-order valence-electron chi connectivity index (χ2n) is 9.44. The Kier molecular flexibility index (Phi) is 3.97. The van der Waals surface area contributed by atoms with E-state index >= 15 is 0 Å². The van der Waals surface area contributed by atoms with Gasteiger partial charge < -0.3 is 9.13 Å². The molecule has 8 aromatic rings. The summed E-state index contributed by atoms with van der Waals surface area (Å²) in [6, 6.07) is 46.1. The molecule has 0 bridgehead atoms. The molecule has 8 rings (SSSR count). The van der Waals surface area contributed by atoms with E-state index in [-0.39, 0.29) is 0 Å². The van der Waals surface area contributed by atoms with Crippen LogP contribution in [0, 0.1) is 0 Å². The number of aromatic nitrogens is 2. The third-order valence-corrected chi connectivity index (χ3v) is 7.49. The van der Waals surface area contributed by atoms with E-state index in [0.717, 1.165) is 0 Å². The third kappa shape index (κ3) is 2.61. The Morgan fingerprint density at radius 2 is 1.06 bits per heavy atom. The van der Waals surface area contributed by atoms with Crippen molar-refractivity contribution in [2.45, 2.75) is 0 Å². The molecule has 36 heavy (non-hydrogen) atoms. The molecule has 0 aliphatic rings. The Balaban J connectivity index is 1.67. The van der Waals surface area contributed by atoms with Crippen LogP contribution in [-0.2, 0) is 0 Å². The zero-order chi connectivity index (χ0) is 23.6. The molecular weight excluding hydrogens is 436 g/mol. The van der Waals surface area contributed by atoms with Crippen LogP contribution in [0.25, 0.3) is 65.6 Å². The van der Waals surface area contributed by atoms with Crippen molar-refractivity contribution in [3.05, 3.63) is 134 Å². The summed E-state index contributed by atoms with van der Waals surface area (Å²) in [5.41, 5.74) is 6.10. The molecule has 0 amide bonds. The van der Waals surface area contributed by atoms with Gasteiger partial charge in [0, 0.05) is 38.8 Å². The summed E-state index contributed by atoms with van der Waals surface area (Å²) in [6.45, 7) is 0. The molecule has 6 aromatic carbocycles. The van der Waals surface area contributed by atoms with Gasteiger partial charge in [-0.25, -0.2) is 0 Å². The number of hydrogen-bond acceptors (Lipinski definition) is 0. The molecule has 168 valence electrons. The van der Waals surface area contributed by atoms with Gasteiger partial charge in [0.05, 0.1) is 22.2 Å². The van der Waals surface area contributed by atoms with E-state index in [1.165, 1.54) is 65.6 Å². The van der Waals surface area contributed by atoms with Crippen molar-refractivity contribution < 1.29 is 0 Å². The predicted octanol–water partition coefficient (Wildman–Crippen LogP) is 9.03. The lowest BCUT2D eigenvalue weighted by atomic mass is 10.0. The van der Waals surface area contributed by atoms with Gasteiger partial charge in [0.2, 0.25) is 0 Å². The number of rotatable bonds is 2. The summed E-state index contributed by atoms with van der Waals surface area (Å²) in [6.07, 6.45) is 2.20. The fraction of sp³-hybridized carbons (Fsp3) is 0. The quantitative estimate of drug-likeness (QED) is 0.229. The van der Waals surface area contributed by atoms with Gasteiger partial charge in [-0.3, -0.25) is 0 Å². The van der Waals surface area contributed by atoms with E-state index in [1.807, 2.05) is 0 Å². The summed E-state index contributed by atoms with van der Waals surface area (Å²) >= 11 is 0. The van der Waals surface area contributed by atoms with E-state index in [1.54, 1.807) is 0 Å². The van der Waals surface area contributed by atoms with Crippen LogP contribution < -0.4 is 0 Å². The van der Waals surface area contributed by atoms with Crippen molar-refractivity contribution in [1.29, 1.82) is 0 Å². The van der Waals surface area contributed by atoms with Crippen molar-refractivity contribution in [2.75, 3.05) is 0 Å². The van der Waals surface area contributed by atoms with Crippen LogP contribution >= 0.6 is 0 Å². The highest BCUT2D eigenvalue weighted by Crippen LogP contribution is 2.41. The van der Waals surface area contributed by atoms with Gasteiger partial charge >= 0.3 is 0 Å². The lowest BCUT2D eigenvalue weighted by Gasteiger charge is -2.17. The maximum Gasteiger partial charge on any atom is 0.0788 e. The fourth-order valence-electron chi connectivity index (χ4n) is 5.94. The normalized spacial score (nSPS) is 11.9. The van der Waals surface area contributed by atoms with E-state index in [2.05, 4.69) is 143 Å². The van der Waals surface area contributed by atoms with Crippen molar-refractivity contribution in [3.8, 4) is 11.4 Å². The van der Waals surface area contributed by atoms with Crippen LogP contribution in [0.3, 0.4) is 0 Å². The van der Waals surface area contributed by atoms with Crippen LogP contribution in [0.2, 0.25) is 0 Å². The fourth-order valence-corrected chi connectivity index (χ4v) is 5.94. The van der Waals surface area contributed by atoms with Crippen molar-refractivity contribution in [2.24, 2.45) is 0 Å². The van der Waals surface area contributed by atoms with Gasteiger partial charge in [-0.05, 0) is 41.1 Å². The third-order valence-electron chi connectivity index (χ3n) is 7.49. The summed E-state index contributed by atoms with van der Waals surface area (Å²) in [4.78, 5) is 0. The number of nitrogens with zero attached hydrogens (tertiary/aromatic N) is 2. The van der Waals surface area contributed by atoms with Gasteiger partial charge in [0.1, 0.15) is 0 Å². The predicted molar refractivity (Wildman–Crippen MR) is 153 cm³/mol. The summed E-state index contributed by atoms with van der Waals surface area (Å²) in [5.74, 6) is 0. The molecule has 2 nitrogen and oxygen atoms in total. The van der Waals surface area contributed by atoms with Crippen LogP contribution in [0.1, 0.15) is 0 Å². The zero-order valence-electron chi connectivity index (χ0n) is 19.6. The Morgan fingerprint density at radius 1 is 0.417 bits per heavy atom. The smallest absolute Gasteiger partial charge is 0.0788 e. The number of para-hydroxylation sites is 2. The minimum absolute atomic E-state index is 1.17. The molecule has 0 unspecified atom stereocenters. The van der Waals surface area contributed by atoms with Crippen molar-refractivity contribution >= 4 is 54.3 Å². The zero-order valence-corrected chi connectivity index (χ0v) is 19.6. The Bertz CT molecular complexity index is 2040. The number of benzene rings is 6. The first-order valence-corrected chi connectivity index (χ1v) is 12.4. The molecule has 0 fully saturated rings. The molecule has 0 aliphatic heterocycles. The molecule has 2 aromatic heterocycles. The Morgan fingerprint density at radius 3 is 1.81 bits per heavy atom. The van der Waals surface area contributed by atoms with E-state index in [0.29, 0.717) is 0 Å². The average molecular weight is 459 g/mol. The first kappa shape index (κ1) is 19.5. The average Bonchev–Trinajstić information content (AvgIpc) is 3.52. The van der Waals surface area contributed by atoms with Gasteiger partial charge in [-0.15, -0.1) is 0 Å². The number of hydrogen-bond donors (Lipinski definition) is 0. The Hall–Kier alpha value is -4.82. The van der Waals surface area contributed by atoms with Crippen LogP contribution in [-0.4, -0.2) is 9.13 Å². The molecule has 2 heterocycles. The topological polar surface area (TPSA) is 9.86 Å². The summed E-state index contributed by atoms with van der Waals surface area (Å²) in [7, 11) is 0. The second kappa shape index (κ2) is 7.34. The first-order valence-electron chi connectivity index (χ1n) is 12.4. The molecule has 0 saturated carbocycles. The number of fused-ring (bicyclic) bond motifs is 7. The highest BCUT2D eigenvalue weighted by atomic mass is 15.0. The minimum atomic E-state index is 1.17. The molecule has 2 heteroatoms. The van der Waals surface area contributed by atoms with E-state index in [9.17, 15) is 0 Å². The maximum atomic E-state index is 2.51. The first-order chi connectivity index (χ1) is 17.9. The van der Waals surface area contributed by atoms with Crippen molar-refractivity contribution in [3.63, 3.8) is 0 Å². The van der Waals surface area contributed by atoms with Crippen molar-refractivity contribution in [1.82, 2.24) is 9.13 Å². The molecular formula is C34H22N2. The molecule has 0 radical (unpaired) electrons. The molecule has 0 aliphatic carbocycles. The second-order valence-corrected chi connectivity index (χ2v) is 9.44. The van der Waals surface area contributed by atoms with Crippen LogP contribution in [0.15, 0.2) is 134 Å². The standard InChI is InChI=1S/C34H22N2/c1-2-12-26(13-3-1)35-21-20-23-18-19-30-29-16-8-9-17-31(29)36(34(30)32(23)35)33-27-14-6-4-10-24(27)22-25-11-5-7-15-28(25)33/h1-22H. The highest BCUT2D eigenvalue weighted by Gasteiger charge is 2.20. The summed E-state index contributed by atoms with van der Waals surface area (Å²) < 4.78 is 4.84. The lowest BCUT2D eigenvalue weighted by molar-refractivity contribution is 1.12. The molecule has 0 spiro atoms. The minimum Gasteiger partial charge on any atom is -0.315 e. The highest BCUT2D eigenvalue weighted by molar-refractivity contribution is 6.20.